The number of unbranched alkanes of at least 4 members (excludes halogenated alkanes) is 8. The second-order valence-electron chi connectivity index (χ2n) is 5.59. The van der Waals surface area contributed by atoms with E-state index < -0.39 is 10.1 Å². The van der Waals surface area contributed by atoms with E-state index in [9.17, 15) is 13.2 Å². The van der Waals surface area contributed by atoms with E-state index in [2.05, 4.69) is 13.8 Å². The molecule has 0 unspecified atom stereocenters. The SMILES string of the molecule is CCCCCCCCCCC.O=C1C=CC=C(S(=O)(=O)O)C1. The maximum atomic E-state index is 10.6. The van der Waals surface area contributed by atoms with Crippen molar-refractivity contribution in [1.29, 1.82) is 0 Å². The molecule has 0 amide bonds. The molecule has 0 saturated carbocycles. The average Bonchev–Trinajstić information content (AvgIpc) is 2.46. The van der Waals surface area contributed by atoms with Gasteiger partial charge in [0.05, 0.1) is 4.91 Å². The summed E-state index contributed by atoms with van der Waals surface area (Å²) in [6.07, 6.45) is 16.5. The van der Waals surface area contributed by atoms with Crippen molar-refractivity contribution in [1.82, 2.24) is 0 Å². The Bertz CT molecular complexity index is 453. The molecule has 0 aromatic heterocycles. The minimum Gasteiger partial charge on any atom is -0.294 e. The summed E-state index contributed by atoms with van der Waals surface area (Å²) in [5.74, 6) is -0.319. The first-order valence-corrected chi connectivity index (χ1v) is 9.73. The number of carbonyl (C=O) groups excluding carboxylic acids is 1. The van der Waals surface area contributed by atoms with Crippen LogP contribution in [0.15, 0.2) is 23.1 Å². The Labute approximate surface area is 135 Å². The highest BCUT2D eigenvalue weighted by Crippen LogP contribution is 2.14. The summed E-state index contributed by atoms with van der Waals surface area (Å²) < 4.78 is 29.3. The second-order valence-corrected chi connectivity index (χ2v) is 7.06. The van der Waals surface area contributed by atoms with Crippen molar-refractivity contribution >= 4 is 15.9 Å². The van der Waals surface area contributed by atoms with Gasteiger partial charge >= 0.3 is 0 Å². The van der Waals surface area contributed by atoms with Crippen LogP contribution in [0.4, 0.5) is 0 Å². The van der Waals surface area contributed by atoms with Gasteiger partial charge in [0.2, 0.25) is 0 Å². The summed E-state index contributed by atoms with van der Waals surface area (Å²) in [6.45, 7) is 4.55. The maximum Gasteiger partial charge on any atom is 0.291 e. The van der Waals surface area contributed by atoms with Crippen LogP contribution in [0.3, 0.4) is 0 Å². The first-order valence-electron chi connectivity index (χ1n) is 8.29. The molecule has 0 radical (unpaired) electrons. The van der Waals surface area contributed by atoms with Crippen LogP contribution >= 0.6 is 0 Å². The molecule has 1 aliphatic carbocycles. The Kier molecular flexibility index (Phi) is 12.1. The minimum absolute atomic E-state index is 0.241. The van der Waals surface area contributed by atoms with E-state index in [0.29, 0.717) is 0 Å². The zero-order valence-corrected chi connectivity index (χ0v) is 14.7. The Hall–Kier alpha value is -0.940. The summed E-state index contributed by atoms with van der Waals surface area (Å²) in [5, 5.41) is 0. The lowest BCUT2D eigenvalue weighted by Crippen LogP contribution is -2.08. The van der Waals surface area contributed by atoms with Gasteiger partial charge in [-0.2, -0.15) is 8.42 Å². The molecular formula is C17H30O4S. The van der Waals surface area contributed by atoms with Crippen molar-refractivity contribution < 1.29 is 17.8 Å². The van der Waals surface area contributed by atoms with E-state index in [-0.39, 0.29) is 17.1 Å². The van der Waals surface area contributed by atoms with Crippen LogP contribution in [0, 0.1) is 0 Å². The summed E-state index contributed by atoms with van der Waals surface area (Å²) in [7, 11) is -4.17. The standard InChI is InChI=1S/C11H24.C6H6O4S/c1-3-5-7-9-11-10-8-6-4-2;7-5-2-1-3-6(4-5)11(8,9)10/h3-11H2,1-2H3;1-3H,4H2,(H,8,9,10). The Morgan fingerprint density at radius 1 is 0.955 bits per heavy atom. The van der Waals surface area contributed by atoms with Crippen LogP contribution in [0.25, 0.3) is 0 Å². The fourth-order valence-corrected chi connectivity index (χ4v) is 2.69. The molecule has 0 bridgehead atoms. The van der Waals surface area contributed by atoms with Gasteiger partial charge in [-0.05, 0) is 12.2 Å². The maximum absolute atomic E-state index is 10.6. The van der Waals surface area contributed by atoms with Crippen molar-refractivity contribution in [2.45, 2.75) is 78.1 Å². The summed E-state index contributed by atoms with van der Waals surface area (Å²) in [5.41, 5.74) is 0. The lowest BCUT2D eigenvalue weighted by molar-refractivity contribution is -0.114. The number of carbonyl (C=O) groups is 1. The third kappa shape index (κ3) is 11.7. The first-order chi connectivity index (χ1) is 10.4. The van der Waals surface area contributed by atoms with E-state index >= 15 is 0 Å². The van der Waals surface area contributed by atoms with E-state index in [1.165, 1.54) is 76.0 Å². The zero-order chi connectivity index (χ0) is 16.8. The third-order valence-electron chi connectivity index (χ3n) is 3.45. The van der Waals surface area contributed by atoms with Gasteiger partial charge in [-0.3, -0.25) is 9.35 Å². The van der Waals surface area contributed by atoms with Crippen LogP contribution in [-0.4, -0.2) is 18.8 Å². The number of ketones is 1. The van der Waals surface area contributed by atoms with Crippen LogP contribution in [-0.2, 0) is 14.9 Å². The molecule has 1 rings (SSSR count). The predicted octanol–water partition coefficient (Wildman–Crippen LogP) is 4.82. The molecule has 128 valence electrons. The van der Waals surface area contributed by atoms with Crippen LogP contribution in [0.2, 0.25) is 0 Å². The van der Waals surface area contributed by atoms with Crippen LogP contribution in [0.1, 0.15) is 78.1 Å². The Balaban J connectivity index is 0.000000401. The van der Waals surface area contributed by atoms with Gasteiger partial charge in [-0.15, -0.1) is 0 Å². The molecule has 1 N–H and O–H groups in total. The number of allylic oxidation sites excluding steroid dienone is 4. The number of hydrogen-bond acceptors (Lipinski definition) is 3. The molecule has 0 aromatic carbocycles. The molecule has 0 heterocycles. The number of rotatable bonds is 9. The predicted molar refractivity (Wildman–Crippen MR) is 91.3 cm³/mol. The molecule has 22 heavy (non-hydrogen) atoms. The normalized spacial score (nSPS) is 14.3. The van der Waals surface area contributed by atoms with Gasteiger partial charge in [-0.25, -0.2) is 0 Å². The molecular weight excluding hydrogens is 300 g/mol. The fraction of sp³-hybridized carbons (Fsp3) is 0.706. The van der Waals surface area contributed by atoms with Gasteiger partial charge in [0.1, 0.15) is 0 Å². The highest BCUT2D eigenvalue weighted by atomic mass is 32.2. The lowest BCUT2D eigenvalue weighted by atomic mass is 10.1. The number of hydrogen-bond donors (Lipinski definition) is 1. The van der Waals surface area contributed by atoms with E-state index in [1.807, 2.05) is 0 Å². The molecule has 4 nitrogen and oxygen atoms in total. The quantitative estimate of drug-likeness (QED) is 0.486. The summed E-state index contributed by atoms with van der Waals surface area (Å²) in [6, 6.07) is 0. The van der Waals surface area contributed by atoms with E-state index in [0.717, 1.165) is 0 Å². The summed E-state index contributed by atoms with van der Waals surface area (Å²) in [4.78, 5) is 10.4. The van der Waals surface area contributed by atoms with Crippen molar-refractivity contribution in [3.8, 4) is 0 Å². The van der Waals surface area contributed by atoms with E-state index in [1.54, 1.807) is 0 Å². The van der Waals surface area contributed by atoms with E-state index in [4.69, 9.17) is 4.55 Å². The minimum atomic E-state index is -4.17. The van der Waals surface area contributed by atoms with Crippen LogP contribution < -0.4 is 0 Å². The molecule has 5 heteroatoms. The Morgan fingerprint density at radius 3 is 1.73 bits per heavy atom. The Morgan fingerprint density at radius 2 is 1.41 bits per heavy atom. The molecule has 0 fully saturated rings. The highest BCUT2D eigenvalue weighted by molar-refractivity contribution is 7.89. The summed E-state index contributed by atoms with van der Waals surface area (Å²) >= 11 is 0. The molecule has 0 aliphatic heterocycles. The molecule has 1 aliphatic rings. The first kappa shape index (κ1) is 21.1. The monoisotopic (exact) mass is 330 g/mol. The molecule has 0 aromatic rings. The third-order valence-corrected chi connectivity index (χ3v) is 4.39. The van der Waals surface area contributed by atoms with Crippen molar-refractivity contribution in [2.24, 2.45) is 0 Å². The molecule has 0 atom stereocenters. The van der Waals surface area contributed by atoms with Crippen molar-refractivity contribution in [2.75, 3.05) is 0 Å². The van der Waals surface area contributed by atoms with Gasteiger partial charge < -0.3 is 0 Å². The average molecular weight is 330 g/mol. The topological polar surface area (TPSA) is 71.4 Å². The fourth-order valence-electron chi connectivity index (χ4n) is 2.11. The van der Waals surface area contributed by atoms with Gasteiger partial charge in [0.15, 0.2) is 5.78 Å². The zero-order valence-electron chi connectivity index (χ0n) is 13.9. The highest BCUT2D eigenvalue weighted by Gasteiger charge is 2.17. The molecule has 0 saturated heterocycles. The van der Waals surface area contributed by atoms with Crippen LogP contribution in [0.5, 0.6) is 0 Å². The van der Waals surface area contributed by atoms with Gasteiger partial charge in [0.25, 0.3) is 10.1 Å². The lowest BCUT2D eigenvalue weighted by Gasteiger charge is -2.02. The smallest absolute Gasteiger partial charge is 0.291 e. The van der Waals surface area contributed by atoms with Gasteiger partial charge in [0, 0.05) is 6.42 Å². The largest absolute Gasteiger partial charge is 0.294 e. The van der Waals surface area contributed by atoms with Gasteiger partial charge in [-0.1, -0.05) is 77.7 Å². The second kappa shape index (κ2) is 12.6. The van der Waals surface area contributed by atoms with Crippen molar-refractivity contribution in [3.05, 3.63) is 23.1 Å². The van der Waals surface area contributed by atoms with Crippen molar-refractivity contribution in [3.63, 3.8) is 0 Å². The molecule has 0 spiro atoms.